The molecule has 3 nitrogen and oxygen atoms in total. The summed E-state index contributed by atoms with van der Waals surface area (Å²) in [4.78, 5) is 3.41. The number of anilines is 1. The number of fused-ring (bicyclic) bond motifs is 3. The normalized spacial score (nSPS) is 11.2. The van der Waals surface area contributed by atoms with Crippen LogP contribution in [0.4, 0.5) is 10.1 Å². The highest BCUT2D eigenvalue weighted by Crippen LogP contribution is 2.30. The standard InChI is InChI=1S/C18H21FN2O/c1-2-3-10-22-14-5-7-16-15-6-4-13(20-9-8-19)11-17(15)21-18(16)12-14/h4-7,11-12,20-21H,2-3,8-10H2,1H3. The van der Waals surface area contributed by atoms with E-state index in [1.807, 2.05) is 24.3 Å². The molecule has 0 amide bonds. The number of ether oxygens (including phenoxy) is 1. The molecule has 2 aromatic carbocycles. The summed E-state index contributed by atoms with van der Waals surface area (Å²) in [5, 5.41) is 5.40. The third-order valence-electron chi connectivity index (χ3n) is 3.76. The molecule has 22 heavy (non-hydrogen) atoms. The number of aromatic nitrogens is 1. The van der Waals surface area contributed by atoms with Gasteiger partial charge in [0.1, 0.15) is 12.4 Å². The fraction of sp³-hybridized carbons (Fsp3) is 0.333. The second kappa shape index (κ2) is 6.69. The molecular weight excluding hydrogens is 279 g/mol. The number of unbranched alkanes of at least 4 members (excludes halogenated alkanes) is 1. The molecule has 0 spiro atoms. The van der Waals surface area contributed by atoms with Gasteiger partial charge in [0.2, 0.25) is 0 Å². The van der Waals surface area contributed by atoms with Crippen molar-refractivity contribution in [2.45, 2.75) is 19.8 Å². The Kier molecular flexibility index (Phi) is 4.47. The van der Waals surface area contributed by atoms with Crippen LogP contribution >= 0.6 is 0 Å². The number of halogens is 1. The smallest absolute Gasteiger partial charge is 0.121 e. The number of benzene rings is 2. The van der Waals surface area contributed by atoms with Crippen molar-refractivity contribution in [2.24, 2.45) is 0 Å². The Hall–Kier alpha value is -2.23. The van der Waals surface area contributed by atoms with Gasteiger partial charge in [-0.2, -0.15) is 0 Å². The summed E-state index contributed by atoms with van der Waals surface area (Å²) in [5.41, 5.74) is 3.03. The molecular formula is C18H21FN2O. The topological polar surface area (TPSA) is 37.0 Å². The summed E-state index contributed by atoms with van der Waals surface area (Å²) in [5.74, 6) is 0.892. The highest BCUT2D eigenvalue weighted by Gasteiger charge is 2.06. The zero-order valence-corrected chi connectivity index (χ0v) is 12.8. The summed E-state index contributed by atoms with van der Waals surface area (Å²) in [6, 6.07) is 12.2. The van der Waals surface area contributed by atoms with E-state index in [9.17, 15) is 4.39 Å². The average molecular weight is 300 g/mol. The number of alkyl halides is 1. The molecule has 0 unspecified atom stereocenters. The zero-order valence-electron chi connectivity index (χ0n) is 12.8. The Morgan fingerprint density at radius 2 is 1.86 bits per heavy atom. The molecule has 0 fully saturated rings. The minimum absolute atomic E-state index is 0.334. The third-order valence-corrected chi connectivity index (χ3v) is 3.76. The van der Waals surface area contributed by atoms with Crippen molar-refractivity contribution in [3.8, 4) is 5.75 Å². The van der Waals surface area contributed by atoms with E-state index in [0.29, 0.717) is 6.54 Å². The van der Waals surface area contributed by atoms with E-state index < -0.39 is 0 Å². The second-order valence-electron chi connectivity index (χ2n) is 5.41. The number of rotatable bonds is 7. The monoisotopic (exact) mass is 300 g/mol. The van der Waals surface area contributed by atoms with E-state index in [-0.39, 0.29) is 6.67 Å². The maximum Gasteiger partial charge on any atom is 0.121 e. The van der Waals surface area contributed by atoms with Gasteiger partial charge in [0.15, 0.2) is 0 Å². The van der Waals surface area contributed by atoms with Gasteiger partial charge in [-0.15, -0.1) is 0 Å². The second-order valence-corrected chi connectivity index (χ2v) is 5.41. The zero-order chi connectivity index (χ0) is 15.4. The largest absolute Gasteiger partial charge is 0.494 e. The minimum Gasteiger partial charge on any atom is -0.494 e. The number of hydrogen-bond acceptors (Lipinski definition) is 2. The van der Waals surface area contributed by atoms with E-state index in [2.05, 4.69) is 29.4 Å². The predicted octanol–water partition coefficient (Wildman–Crippen LogP) is 4.88. The summed E-state index contributed by atoms with van der Waals surface area (Å²) in [6.07, 6.45) is 2.19. The summed E-state index contributed by atoms with van der Waals surface area (Å²) in [7, 11) is 0. The lowest BCUT2D eigenvalue weighted by molar-refractivity contribution is 0.310. The first-order valence-corrected chi connectivity index (χ1v) is 7.80. The highest BCUT2D eigenvalue weighted by molar-refractivity contribution is 6.08. The van der Waals surface area contributed by atoms with Crippen LogP contribution in [0.15, 0.2) is 36.4 Å². The Labute approximate surface area is 129 Å². The van der Waals surface area contributed by atoms with Gasteiger partial charge in [0.25, 0.3) is 0 Å². The summed E-state index contributed by atoms with van der Waals surface area (Å²) < 4.78 is 18.0. The third kappa shape index (κ3) is 3.01. The molecule has 1 aromatic heterocycles. The van der Waals surface area contributed by atoms with E-state index >= 15 is 0 Å². The fourth-order valence-corrected chi connectivity index (χ4v) is 2.61. The first-order chi connectivity index (χ1) is 10.8. The summed E-state index contributed by atoms with van der Waals surface area (Å²) in [6.45, 7) is 2.86. The molecule has 0 aliphatic carbocycles. The Bertz CT molecular complexity index is 766. The molecule has 3 aromatic rings. The van der Waals surface area contributed by atoms with Crippen molar-refractivity contribution >= 4 is 27.5 Å². The van der Waals surface area contributed by atoms with Crippen molar-refractivity contribution in [1.29, 1.82) is 0 Å². The van der Waals surface area contributed by atoms with Crippen LogP contribution in [0.5, 0.6) is 5.75 Å². The van der Waals surface area contributed by atoms with Crippen LogP contribution in [0.1, 0.15) is 19.8 Å². The molecule has 116 valence electrons. The lowest BCUT2D eigenvalue weighted by atomic mass is 10.1. The maximum atomic E-state index is 12.2. The molecule has 1 heterocycles. The van der Waals surface area contributed by atoms with Crippen LogP contribution in [-0.2, 0) is 0 Å². The maximum absolute atomic E-state index is 12.2. The number of nitrogens with one attached hydrogen (secondary N) is 2. The molecule has 4 heteroatoms. The lowest BCUT2D eigenvalue weighted by Gasteiger charge is -2.04. The van der Waals surface area contributed by atoms with Crippen molar-refractivity contribution < 1.29 is 9.13 Å². The molecule has 0 aliphatic heterocycles. The van der Waals surface area contributed by atoms with Crippen molar-refractivity contribution in [3.05, 3.63) is 36.4 Å². The first kappa shape index (κ1) is 14.7. The molecule has 0 aliphatic rings. The van der Waals surface area contributed by atoms with Crippen LogP contribution in [0.2, 0.25) is 0 Å². The van der Waals surface area contributed by atoms with E-state index in [4.69, 9.17) is 4.74 Å². The van der Waals surface area contributed by atoms with Gasteiger partial charge in [-0.3, -0.25) is 0 Å². The number of hydrogen-bond donors (Lipinski definition) is 2. The van der Waals surface area contributed by atoms with Gasteiger partial charge in [-0.1, -0.05) is 19.4 Å². The van der Waals surface area contributed by atoms with Crippen LogP contribution in [-0.4, -0.2) is 24.8 Å². The molecule has 3 rings (SSSR count). The Morgan fingerprint density at radius 3 is 2.64 bits per heavy atom. The van der Waals surface area contributed by atoms with Crippen LogP contribution < -0.4 is 10.1 Å². The van der Waals surface area contributed by atoms with E-state index in [0.717, 1.165) is 41.9 Å². The van der Waals surface area contributed by atoms with E-state index in [1.165, 1.54) is 10.8 Å². The van der Waals surface area contributed by atoms with E-state index in [1.54, 1.807) is 0 Å². The first-order valence-electron chi connectivity index (χ1n) is 7.80. The highest BCUT2D eigenvalue weighted by atomic mass is 19.1. The van der Waals surface area contributed by atoms with Gasteiger partial charge in [0, 0.05) is 34.6 Å². The Balaban J connectivity index is 1.90. The average Bonchev–Trinajstić information content (AvgIpc) is 2.90. The molecule has 0 saturated carbocycles. The lowest BCUT2D eigenvalue weighted by Crippen LogP contribution is -2.02. The molecule has 0 saturated heterocycles. The van der Waals surface area contributed by atoms with Gasteiger partial charge in [0.05, 0.1) is 12.1 Å². The molecule has 0 radical (unpaired) electrons. The Morgan fingerprint density at radius 1 is 1.09 bits per heavy atom. The van der Waals surface area contributed by atoms with Crippen molar-refractivity contribution in [1.82, 2.24) is 4.98 Å². The minimum atomic E-state index is -0.372. The van der Waals surface area contributed by atoms with Crippen LogP contribution in [0, 0.1) is 0 Å². The molecule has 0 atom stereocenters. The van der Waals surface area contributed by atoms with Gasteiger partial charge >= 0.3 is 0 Å². The van der Waals surface area contributed by atoms with Crippen LogP contribution in [0.25, 0.3) is 21.8 Å². The molecule has 0 bridgehead atoms. The van der Waals surface area contributed by atoms with Gasteiger partial charge in [-0.05, 0) is 30.7 Å². The van der Waals surface area contributed by atoms with Crippen LogP contribution in [0.3, 0.4) is 0 Å². The van der Waals surface area contributed by atoms with Gasteiger partial charge < -0.3 is 15.0 Å². The van der Waals surface area contributed by atoms with Crippen molar-refractivity contribution in [3.63, 3.8) is 0 Å². The number of aromatic amines is 1. The predicted molar refractivity (Wildman–Crippen MR) is 90.7 cm³/mol. The van der Waals surface area contributed by atoms with Crippen molar-refractivity contribution in [2.75, 3.05) is 25.1 Å². The van der Waals surface area contributed by atoms with Gasteiger partial charge in [-0.25, -0.2) is 4.39 Å². The quantitative estimate of drug-likeness (QED) is 0.610. The number of H-pyrrole nitrogens is 1. The molecule has 2 N–H and O–H groups in total. The SMILES string of the molecule is CCCCOc1ccc2c(c1)[nH]c1cc(NCCF)ccc12. The fourth-order valence-electron chi connectivity index (χ4n) is 2.61. The summed E-state index contributed by atoms with van der Waals surface area (Å²) >= 11 is 0.